The van der Waals surface area contributed by atoms with Gasteiger partial charge in [0.2, 0.25) is 0 Å². The van der Waals surface area contributed by atoms with E-state index in [9.17, 15) is 0 Å². The third-order valence-electron chi connectivity index (χ3n) is 1.74. The van der Waals surface area contributed by atoms with Gasteiger partial charge < -0.3 is 0 Å². The first-order valence-corrected chi connectivity index (χ1v) is 2.89. The van der Waals surface area contributed by atoms with Crippen molar-refractivity contribution >= 4 is 5.71 Å². The number of nitrogens with zero attached hydrogens (tertiary/aromatic N) is 1. The second-order valence-electron chi connectivity index (χ2n) is 2.31. The highest BCUT2D eigenvalue weighted by atomic mass is 14.8. The van der Waals surface area contributed by atoms with Crippen LogP contribution in [0.25, 0.3) is 0 Å². The van der Waals surface area contributed by atoms with Gasteiger partial charge in [0.05, 0.1) is 6.54 Å². The Morgan fingerprint density at radius 2 is 1.88 bits per heavy atom. The third kappa shape index (κ3) is 0.683. The lowest BCUT2D eigenvalue weighted by atomic mass is 10.1. The molecule has 0 aromatic heterocycles. The van der Waals surface area contributed by atoms with Gasteiger partial charge in [0, 0.05) is 5.71 Å². The molecule has 0 aromatic carbocycles. The van der Waals surface area contributed by atoms with Crippen molar-refractivity contribution in [2.45, 2.75) is 20.8 Å². The molecule has 0 saturated carbocycles. The molecule has 0 aromatic rings. The summed E-state index contributed by atoms with van der Waals surface area (Å²) >= 11 is 0. The highest BCUT2D eigenvalue weighted by Crippen LogP contribution is 2.12. The maximum Gasteiger partial charge on any atom is 0.0606 e. The number of allylic oxidation sites excluding steroid dienone is 1. The van der Waals surface area contributed by atoms with Gasteiger partial charge in [-0.2, -0.15) is 0 Å². The van der Waals surface area contributed by atoms with Gasteiger partial charge in [-0.15, -0.1) is 0 Å². The largest absolute Gasteiger partial charge is 0.285 e. The van der Waals surface area contributed by atoms with E-state index in [1.165, 1.54) is 16.9 Å². The fourth-order valence-electron chi connectivity index (χ4n) is 0.783. The Morgan fingerprint density at radius 1 is 1.25 bits per heavy atom. The molecule has 0 atom stereocenters. The number of rotatable bonds is 0. The Hall–Kier alpha value is -0.590. The molecule has 1 nitrogen and oxygen atoms in total. The van der Waals surface area contributed by atoms with Crippen LogP contribution >= 0.6 is 0 Å². The monoisotopic (exact) mass is 109 g/mol. The molecule has 0 saturated heterocycles. The molecule has 1 aliphatic heterocycles. The third-order valence-corrected chi connectivity index (χ3v) is 1.74. The highest BCUT2D eigenvalue weighted by molar-refractivity contribution is 6.00. The van der Waals surface area contributed by atoms with Crippen molar-refractivity contribution in [3.05, 3.63) is 11.1 Å². The van der Waals surface area contributed by atoms with Crippen LogP contribution in [0, 0.1) is 0 Å². The fraction of sp³-hybridized carbons (Fsp3) is 0.571. The van der Waals surface area contributed by atoms with E-state index in [0.717, 1.165) is 6.54 Å². The second kappa shape index (κ2) is 1.73. The zero-order valence-electron chi connectivity index (χ0n) is 5.65. The van der Waals surface area contributed by atoms with Crippen LogP contribution in [0.3, 0.4) is 0 Å². The second-order valence-corrected chi connectivity index (χ2v) is 2.31. The molecule has 0 unspecified atom stereocenters. The molecule has 1 aliphatic rings. The van der Waals surface area contributed by atoms with Gasteiger partial charge in [-0.1, -0.05) is 0 Å². The molecule has 8 heavy (non-hydrogen) atoms. The maximum absolute atomic E-state index is 4.24. The van der Waals surface area contributed by atoms with E-state index in [0.29, 0.717) is 0 Å². The Kier molecular flexibility index (Phi) is 1.20. The average molecular weight is 109 g/mol. The summed E-state index contributed by atoms with van der Waals surface area (Å²) in [6.45, 7) is 7.25. The fourth-order valence-corrected chi connectivity index (χ4v) is 0.783. The van der Waals surface area contributed by atoms with Crippen LogP contribution in [-0.2, 0) is 0 Å². The molecule has 0 radical (unpaired) electrons. The molecule has 0 amide bonds. The molecule has 44 valence electrons. The quantitative estimate of drug-likeness (QED) is 0.449. The summed E-state index contributed by atoms with van der Waals surface area (Å²) in [6, 6.07) is 0. The first-order chi connectivity index (χ1) is 3.72. The molecule has 0 spiro atoms. The minimum absolute atomic E-state index is 0.928. The summed E-state index contributed by atoms with van der Waals surface area (Å²) in [5.41, 5.74) is 4.01. The van der Waals surface area contributed by atoms with Crippen LogP contribution < -0.4 is 0 Å². The summed E-state index contributed by atoms with van der Waals surface area (Å²) in [4.78, 5) is 4.24. The Morgan fingerprint density at radius 3 is 2.00 bits per heavy atom. The topological polar surface area (TPSA) is 12.4 Å². The lowest BCUT2D eigenvalue weighted by molar-refractivity contribution is 1.16. The van der Waals surface area contributed by atoms with Gasteiger partial charge in [0.1, 0.15) is 0 Å². The summed E-state index contributed by atoms with van der Waals surface area (Å²) in [5.74, 6) is 0. The van der Waals surface area contributed by atoms with E-state index >= 15 is 0 Å². The number of hydrogen-bond acceptors (Lipinski definition) is 1. The first-order valence-electron chi connectivity index (χ1n) is 2.89. The Balaban J connectivity index is 2.88. The average Bonchev–Trinajstić information content (AvgIpc) is 1.98. The molecular weight excluding hydrogens is 98.1 g/mol. The predicted octanol–water partition coefficient (Wildman–Crippen LogP) is 1.80. The van der Waals surface area contributed by atoms with Crippen molar-refractivity contribution in [3.63, 3.8) is 0 Å². The van der Waals surface area contributed by atoms with Crippen LogP contribution in [0.15, 0.2) is 16.1 Å². The Labute approximate surface area is 50.1 Å². The molecular formula is C7H11N. The van der Waals surface area contributed by atoms with Crippen LogP contribution in [0.5, 0.6) is 0 Å². The van der Waals surface area contributed by atoms with Gasteiger partial charge >= 0.3 is 0 Å². The zero-order chi connectivity index (χ0) is 6.15. The van der Waals surface area contributed by atoms with E-state index in [4.69, 9.17) is 0 Å². The lowest BCUT2D eigenvalue weighted by Crippen LogP contribution is -1.86. The number of hydrogen-bond donors (Lipinski definition) is 0. The molecule has 1 heteroatoms. The van der Waals surface area contributed by atoms with Gasteiger partial charge in [0.25, 0.3) is 0 Å². The van der Waals surface area contributed by atoms with Crippen LogP contribution in [0.4, 0.5) is 0 Å². The van der Waals surface area contributed by atoms with Crippen molar-refractivity contribution in [1.82, 2.24) is 0 Å². The summed E-state index contributed by atoms with van der Waals surface area (Å²) in [7, 11) is 0. The standard InChI is InChI=1S/C7H11N/c1-5-4-8-7(3)6(5)2/h4H2,1-3H3. The molecule has 0 fully saturated rings. The lowest BCUT2D eigenvalue weighted by Gasteiger charge is -1.90. The highest BCUT2D eigenvalue weighted by Gasteiger charge is 2.05. The van der Waals surface area contributed by atoms with Crippen molar-refractivity contribution in [3.8, 4) is 0 Å². The molecule has 0 bridgehead atoms. The van der Waals surface area contributed by atoms with Crippen LogP contribution in [0.2, 0.25) is 0 Å². The molecule has 0 aliphatic carbocycles. The van der Waals surface area contributed by atoms with Gasteiger partial charge in [-0.3, -0.25) is 4.99 Å². The van der Waals surface area contributed by atoms with E-state index in [-0.39, 0.29) is 0 Å². The van der Waals surface area contributed by atoms with Crippen LogP contribution in [-0.4, -0.2) is 12.3 Å². The minimum atomic E-state index is 0.928. The molecule has 1 rings (SSSR count). The van der Waals surface area contributed by atoms with Crippen molar-refractivity contribution in [1.29, 1.82) is 0 Å². The van der Waals surface area contributed by atoms with E-state index in [1.807, 2.05) is 0 Å². The Bertz CT molecular complexity index is 158. The molecule has 0 N–H and O–H groups in total. The van der Waals surface area contributed by atoms with Gasteiger partial charge in [-0.05, 0) is 31.9 Å². The summed E-state index contributed by atoms with van der Waals surface area (Å²) in [5, 5.41) is 0. The van der Waals surface area contributed by atoms with E-state index in [1.54, 1.807) is 0 Å². The van der Waals surface area contributed by atoms with Gasteiger partial charge in [-0.25, -0.2) is 0 Å². The van der Waals surface area contributed by atoms with Crippen LogP contribution in [0.1, 0.15) is 20.8 Å². The first kappa shape index (κ1) is 5.54. The summed E-state index contributed by atoms with van der Waals surface area (Å²) in [6.07, 6.45) is 0. The summed E-state index contributed by atoms with van der Waals surface area (Å²) < 4.78 is 0. The van der Waals surface area contributed by atoms with Gasteiger partial charge in [0.15, 0.2) is 0 Å². The maximum atomic E-state index is 4.24. The van der Waals surface area contributed by atoms with Crippen molar-refractivity contribution < 1.29 is 0 Å². The smallest absolute Gasteiger partial charge is 0.0606 e. The number of aliphatic imine (C=N–C) groups is 1. The van der Waals surface area contributed by atoms with Crippen molar-refractivity contribution in [2.24, 2.45) is 4.99 Å². The van der Waals surface area contributed by atoms with E-state index < -0.39 is 0 Å². The normalized spacial score (nSPS) is 19.6. The molecule has 1 heterocycles. The van der Waals surface area contributed by atoms with E-state index in [2.05, 4.69) is 25.8 Å². The zero-order valence-corrected chi connectivity index (χ0v) is 5.65. The van der Waals surface area contributed by atoms with Crippen molar-refractivity contribution in [2.75, 3.05) is 6.54 Å². The SMILES string of the molecule is CC1=NCC(C)=C1C. The predicted molar refractivity (Wildman–Crippen MR) is 36.4 cm³/mol. The minimum Gasteiger partial charge on any atom is -0.285 e.